The van der Waals surface area contributed by atoms with Gasteiger partial charge in [-0.2, -0.15) is 0 Å². The Morgan fingerprint density at radius 2 is 1.10 bits per heavy atom. The van der Waals surface area contributed by atoms with Gasteiger partial charge in [0.2, 0.25) is 5.78 Å². The third-order valence-corrected chi connectivity index (χ3v) is 5.46. The van der Waals surface area contributed by atoms with Crippen molar-refractivity contribution in [3.63, 3.8) is 0 Å². The smallest absolute Gasteiger partial charge is 0.374 e. The molecule has 0 N–H and O–H groups in total. The van der Waals surface area contributed by atoms with E-state index in [1.165, 1.54) is 89.0 Å². The molecule has 164 valence electrons. The van der Waals surface area contributed by atoms with Crippen LogP contribution in [0.4, 0.5) is 0 Å². The first kappa shape index (κ1) is 25.4. The van der Waals surface area contributed by atoms with Gasteiger partial charge in [0.25, 0.3) is 0 Å². The van der Waals surface area contributed by atoms with Gasteiger partial charge in [-0.05, 0) is 30.9 Å². The van der Waals surface area contributed by atoms with Crippen LogP contribution in [-0.2, 0) is 27.2 Å². The third kappa shape index (κ3) is 13.2. The lowest BCUT2D eigenvalue weighted by Gasteiger charge is -2.05. The molecule has 0 heterocycles. The van der Waals surface area contributed by atoms with Crippen LogP contribution in [0, 0.1) is 0 Å². The molecular weight excluding hydrogens is 360 g/mol. The molecule has 0 fully saturated rings. The molecule has 3 nitrogen and oxygen atoms in total. The zero-order valence-corrected chi connectivity index (χ0v) is 18.8. The Kier molecular flexibility index (Phi) is 15.1. The van der Waals surface area contributed by atoms with Gasteiger partial charge in [-0.3, -0.25) is 4.79 Å². The first-order chi connectivity index (χ1) is 14.2. The van der Waals surface area contributed by atoms with Crippen LogP contribution in [0.15, 0.2) is 24.3 Å². The van der Waals surface area contributed by atoms with Crippen molar-refractivity contribution in [1.82, 2.24) is 0 Å². The Hall–Kier alpha value is -1.64. The summed E-state index contributed by atoms with van der Waals surface area (Å²) in [4.78, 5) is 23.1. The largest absolute Gasteiger partial charge is 0.460 e. The van der Waals surface area contributed by atoms with Gasteiger partial charge in [0.15, 0.2) is 0 Å². The molecule has 0 unspecified atom stereocenters. The summed E-state index contributed by atoms with van der Waals surface area (Å²) in [6.07, 6.45) is 19.1. The summed E-state index contributed by atoms with van der Waals surface area (Å²) in [5, 5.41) is 0. The fraction of sp³-hybridized carbons (Fsp3) is 0.692. The Balaban J connectivity index is 2.01. The molecule has 0 atom stereocenters. The maximum atomic E-state index is 11.7. The van der Waals surface area contributed by atoms with Gasteiger partial charge >= 0.3 is 5.97 Å². The van der Waals surface area contributed by atoms with E-state index in [1.807, 2.05) is 12.1 Å². The highest BCUT2D eigenvalue weighted by Crippen LogP contribution is 2.14. The van der Waals surface area contributed by atoms with E-state index in [0.717, 1.165) is 12.0 Å². The lowest BCUT2D eigenvalue weighted by Crippen LogP contribution is -2.19. The summed E-state index contributed by atoms with van der Waals surface area (Å²) in [6, 6.07) is 8.06. The highest BCUT2D eigenvalue weighted by Gasteiger charge is 2.14. The Morgan fingerprint density at radius 3 is 1.59 bits per heavy atom. The van der Waals surface area contributed by atoms with Crippen LogP contribution in [-0.4, -0.2) is 18.4 Å². The number of carbonyl (C=O) groups excluding carboxylic acids is 2. The number of ketones is 1. The molecule has 0 aromatic heterocycles. The number of esters is 1. The second kappa shape index (κ2) is 17.2. The molecule has 3 heteroatoms. The first-order valence-corrected chi connectivity index (χ1v) is 11.9. The summed E-state index contributed by atoms with van der Waals surface area (Å²) in [5.74, 6) is -1.21. The molecule has 1 rings (SSSR count). The zero-order valence-electron chi connectivity index (χ0n) is 18.8. The molecule has 0 aliphatic carbocycles. The number of ether oxygens (including phenoxy) is 1. The van der Waals surface area contributed by atoms with E-state index in [0.29, 0.717) is 0 Å². The minimum atomic E-state index is -0.733. The zero-order chi connectivity index (χ0) is 21.2. The number of aryl methyl sites for hydroxylation is 1. The van der Waals surface area contributed by atoms with E-state index in [4.69, 9.17) is 4.74 Å². The van der Waals surface area contributed by atoms with Crippen molar-refractivity contribution < 1.29 is 14.3 Å². The summed E-state index contributed by atoms with van der Waals surface area (Å²) in [7, 11) is 0. The number of hydrogen-bond donors (Lipinski definition) is 0. The van der Waals surface area contributed by atoms with Crippen LogP contribution in [0.5, 0.6) is 0 Å². The average molecular weight is 403 g/mol. The Morgan fingerprint density at radius 1 is 0.655 bits per heavy atom. The normalized spacial score (nSPS) is 10.8. The molecule has 0 bridgehead atoms. The molecule has 0 aliphatic heterocycles. The number of rotatable bonds is 18. The van der Waals surface area contributed by atoms with Gasteiger partial charge < -0.3 is 4.74 Å². The van der Waals surface area contributed by atoms with Crippen molar-refractivity contribution in [2.24, 2.45) is 0 Å². The quantitative estimate of drug-likeness (QED) is 0.151. The van der Waals surface area contributed by atoms with E-state index in [2.05, 4.69) is 19.1 Å². The van der Waals surface area contributed by atoms with Crippen LogP contribution >= 0.6 is 0 Å². The SMILES string of the molecule is CCCCCCCCCCCCCCCc1ccc(CC(=O)C(=O)OCC)cc1. The minimum Gasteiger partial charge on any atom is -0.460 e. The predicted molar refractivity (Wildman–Crippen MR) is 121 cm³/mol. The lowest BCUT2D eigenvalue weighted by atomic mass is 10.0. The second-order valence-corrected chi connectivity index (χ2v) is 8.13. The van der Waals surface area contributed by atoms with Crippen molar-refractivity contribution in [2.45, 2.75) is 110 Å². The number of carbonyl (C=O) groups is 2. The summed E-state index contributed by atoms with van der Waals surface area (Å²) in [5.41, 5.74) is 2.18. The molecule has 0 aliphatic rings. The molecule has 1 aromatic rings. The van der Waals surface area contributed by atoms with Crippen LogP contribution in [0.2, 0.25) is 0 Å². The molecule has 0 saturated carbocycles. The Labute approximate surface area is 178 Å². The maximum Gasteiger partial charge on any atom is 0.374 e. The Bertz CT molecular complexity index is 548. The highest BCUT2D eigenvalue weighted by molar-refractivity contribution is 6.34. The van der Waals surface area contributed by atoms with E-state index in [-0.39, 0.29) is 13.0 Å². The van der Waals surface area contributed by atoms with Crippen molar-refractivity contribution in [3.05, 3.63) is 35.4 Å². The summed E-state index contributed by atoms with van der Waals surface area (Å²) < 4.78 is 4.74. The van der Waals surface area contributed by atoms with Gasteiger partial charge in [0.1, 0.15) is 0 Å². The molecule has 0 spiro atoms. The van der Waals surface area contributed by atoms with Gasteiger partial charge in [0, 0.05) is 6.42 Å². The number of benzene rings is 1. The van der Waals surface area contributed by atoms with E-state index in [9.17, 15) is 9.59 Å². The average Bonchev–Trinajstić information content (AvgIpc) is 2.72. The lowest BCUT2D eigenvalue weighted by molar-refractivity contribution is -0.153. The van der Waals surface area contributed by atoms with Crippen LogP contribution < -0.4 is 0 Å². The summed E-state index contributed by atoms with van der Waals surface area (Å²) in [6.45, 7) is 4.22. The molecule has 0 radical (unpaired) electrons. The predicted octanol–water partition coefficient (Wildman–Crippen LogP) is 7.00. The van der Waals surface area contributed by atoms with Gasteiger partial charge in [-0.15, -0.1) is 0 Å². The highest BCUT2D eigenvalue weighted by atomic mass is 16.5. The topological polar surface area (TPSA) is 43.4 Å². The van der Waals surface area contributed by atoms with Crippen molar-refractivity contribution in [1.29, 1.82) is 0 Å². The minimum absolute atomic E-state index is 0.123. The number of unbranched alkanes of at least 4 members (excludes halogenated alkanes) is 12. The third-order valence-electron chi connectivity index (χ3n) is 5.46. The van der Waals surface area contributed by atoms with Crippen LogP contribution in [0.1, 0.15) is 108 Å². The van der Waals surface area contributed by atoms with E-state index in [1.54, 1.807) is 6.92 Å². The van der Waals surface area contributed by atoms with Crippen molar-refractivity contribution in [2.75, 3.05) is 6.61 Å². The van der Waals surface area contributed by atoms with Crippen molar-refractivity contribution in [3.8, 4) is 0 Å². The standard InChI is InChI=1S/C26H42O3/c1-3-5-6-7-8-9-10-11-12-13-14-15-16-17-23-18-20-24(21-19-23)22-25(27)26(28)29-4-2/h18-21H,3-17,22H2,1-2H3. The number of Topliss-reactive ketones (excluding diaryl/α,β-unsaturated/α-hetero) is 1. The first-order valence-electron chi connectivity index (χ1n) is 11.9. The van der Waals surface area contributed by atoms with Gasteiger partial charge in [-0.1, -0.05) is 108 Å². The van der Waals surface area contributed by atoms with E-state index >= 15 is 0 Å². The van der Waals surface area contributed by atoms with Crippen LogP contribution in [0.25, 0.3) is 0 Å². The molecule has 0 saturated heterocycles. The van der Waals surface area contributed by atoms with E-state index < -0.39 is 11.8 Å². The van der Waals surface area contributed by atoms with Crippen LogP contribution in [0.3, 0.4) is 0 Å². The molecule has 1 aromatic carbocycles. The fourth-order valence-electron chi connectivity index (χ4n) is 3.64. The monoisotopic (exact) mass is 402 g/mol. The fourth-order valence-corrected chi connectivity index (χ4v) is 3.64. The van der Waals surface area contributed by atoms with Gasteiger partial charge in [-0.25, -0.2) is 4.79 Å². The molecule has 0 amide bonds. The molecule has 29 heavy (non-hydrogen) atoms. The van der Waals surface area contributed by atoms with Gasteiger partial charge in [0.05, 0.1) is 6.61 Å². The number of hydrogen-bond acceptors (Lipinski definition) is 3. The second-order valence-electron chi connectivity index (χ2n) is 8.13. The summed E-state index contributed by atoms with van der Waals surface area (Å²) >= 11 is 0. The maximum absolute atomic E-state index is 11.7. The van der Waals surface area contributed by atoms with Crippen molar-refractivity contribution >= 4 is 11.8 Å². The molecular formula is C26H42O3.